The zero-order valence-electron chi connectivity index (χ0n) is 16.5. The topological polar surface area (TPSA) is 17.8 Å². The summed E-state index contributed by atoms with van der Waals surface area (Å²) in [6.45, 7) is 3.36. The molecule has 0 fully saturated rings. The largest absolute Gasteiger partial charge is 0.336 e. The Kier molecular flexibility index (Phi) is 11.3. The second kappa shape index (κ2) is 13.9. The number of nitrogens with zero attached hydrogens (tertiary/aromatic N) is 2. The van der Waals surface area contributed by atoms with E-state index < -0.39 is 0 Å². The molecule has 0 radical (unpaired) electrons. The minimum absolute atomic E-state index is 0.675. The van der Waals surface area contributed by atoms with E-state index in [1.165, 1.54) is 75.5 Å². The molecule has 2 aromatic rings. The lowest BCUT2D eigenvalue weighted by molar-refractivity contribution is 0.585. The van der Waals surface area contributed by atoms with Crippen LogP contribution in [0.3, 0.4) is 0 Å². The van der Waals surface area contributed by atoms with Crippen LogP contribution in [-0.2, 0) is 13.0 Å². The van der Waals surface area contributed by atoms with Gasteiger partial charge in [-0.15, -0.1) is 0 Å². The highest BCUT2D eigenvalue weighted by Crippen LogP contribution is 2.21. The number of hydrogen-bond acceptors (Lipinski definition) is 2. The van der Waals surface area contributed by atoms with Crippen LogP contribution in [0.1, 0.15) is 70.3 Å². The van der Waals surface area contributed by atoms with Gasteiger partial charge in [0.1, 0.15) is 0 Å². The van der Waals surface area contributed by atoms with E-state index in [0.717, 1.165) is 6.54 Å². The molecule has 0 N–H and O–H groups in total. The van der Waals surface area contributed by atoms with Gasteiger partial charge in [-0.2, -0.15) is 11.8 Å². The maximum atomic E-state index is 4.20. The van der Waals surface area contributed by atoms with Gasteiger partial charge in [0.2, 0.25) is 0 Å². The van der Waals surface area contributed by atoms with Gasteiger partial charge in [-0.05, 0) is 30.6 Å². The van der Waals surface area contributed by atoms with Crippen LogP contribution in [0.15, 0.2) is 49.1 Å². The van der Waals surface area contributed by atoms with Crippen molar-refractivity contribution in [3.8, 4) is 0 Å². The molecule has 3 heteroatoms. The molecule has 2 rings (SSSR count). The van der Waals surface area contributed by atoms with Gasteiger partial charge in [-0.25, -0.2) is 4.98 Å². The number of benzene rings is 1. The smallest absolute Gasteiger partial charge is 0.0946 e. The van der Waals surface area contributed by atoms with E-state index in [1.54, 1.807) is 0 Å². The summed E-state index contributed by atoms with van der Waals surface area (Å²) in [5.74, 6) is 1.29. The summed E-state index contributed by atoms with van der Waals surface area (Å²) in [5.41, 5.74) is 1.45. The van der Waals surface area contributed by atoms with Gasteiger partial charge < -0.3 is 4.57 Å². The highest BCUT2D eigenvalue weighted by Gasteiger charge is 2.10. The van der Waals surface area contributed by atoms with Gasteiger partial charge >= 0.3 is 0 Å². The van der Waals surface area contributed by atoms with Gasteiger partial charge in [0, 0.05) is 24.2 Å². The summed E-state index contributed by atoms with van der Waals surface area (Å²) in [6.07, 6.45) is 19.6. The monoisotopic (exact) mass is 372 g/mol. The van der Waals surface area contributed by atoms with Crippen LogP contribution in [0.25, 0.3) is 0 Å². The number of unbranched alkanes of at least 4 members (excludes halogenated alkanes) is 7. The Hall–Kier alpha value is -1.22. The van der Waals surface area contributed by atoms with Gasteiger partial charge in [0.25, 0.3) is 0 Å². The van der Waals surface area contributed by atoms with Crippen molar-refractivity contribution >= 4 is 11.8 Å². The lowest BCUT2D eigenvalue weighted by atomic mass is 10.1. The fraction of sp³-hybridized carbons (Fsp3) is 0.609. The van der Waals surface area contributed by atoms with Crippen LogP contribution in [0.2, 0.25) is 0 Å². The second-order valence-corrected chi connectivity index (χ2v) is 8.66. The molecule has 0 saturated carbocycles. The zero-order valence-corrected chi connectivity index (χ0v) is 17.3. The quantitative estimate of drug-likeness (QED) is 0.321. The molecule has 0 aliphatic rings. The summed E-state index contributed by atoms with van der Waals surface area (Å²) in [6, 6.07) is 10.9. The van der Waals surface area contributed by atoms with Crippen molar-refractivity contribution in [2.45, 2.75) is 82.9 Å². The third kappa shape index (κ3) is 9.47. The Morgan fingerprint density at radius 2 is 1.69 bits per heavy atom. The molecule has 1 unspecified atom stereocenters. The lowest BCUT2D eigenvalue weighted by Crippen LogP contribution is -2.14. The van der Waals surface area contributed by atoms with Gasteiger partial charge in [-0.3, -0.25) is 0 Å². The van der Waals surface area contributed by atoms with Crippen molar-refractivity contribution in [1.82, 2.24) is 9.55 Å². The molecule has 1 aromatic heterocycles. The van der Waals surface area contributed by atoms with Crippen molar-refractivity contribution in [3.63, 3.8) is 0 Å². The Labute approximate surface area is 164 Å². The van der Waals surface area contributed by atoms with Crippen LogP contribution >= 0.6 is 11.8 Å². The van der Waals surface area contributed by atoms with E-state index in [-0.39, 0.29) is 0 Å². The Morgan fingerprint density at radius 3 is 2.38 bits per heavy atom. The average Bonchev–Trinajstić information content (AvgIpc) is 3.18. The van der Waals surface area contributed by atoms with E-state index in [4.69, 9.17) is 0 Å². The molecular weight excluding hydrogens is 336 g/mol. The predicted molar refractivity (Wildman–Crippen MR) is 116 cm³/mol. The van der Waals surface area contributed by atoms with Crippen molar-refractivity contribution in [1.29, 1.82) is 0 Å². The van der Waals surface area contributed by atoms with Crippen LogP contribution in [0, 0.1) is 0 Å². The van der Waals surface area contributed by atoms with Crippen molar-refractivity contribution in [2.75, 3.05) is 5.75 Å². The third-order valence-electron chi connectivity index (χ3n) is 4.92. The fourth-order valence-electron chi connectivity index (χ4n) is 3.32. The molecule has 144 valence electrons. The highest BCUT2D eigenvalue weighted by atomic mass is 32.2. The molecular formula is C23H36N2S. The number of hydrogen-bond donors (Lipinski definition) is 0. The highest BCUT2D eigenvalue weighted by molar-refractivity contribution is 7.99. The van der Waals surface area contributed by atoms with E-state index in [9.17, 15) is 0 Å². The fourth-order valence-corrected chi connectivity index (χ4v) is 4.58. The SMILES string of the molecule is CCCCCCCCCCSC(CCc1ccccc1)Cn1ccnc1. The number of aromatic nitrogens is 2. The summed E-state index contributed by atoms with van der Waals surface area (Å²) >= 11 is 2.16. The third-order valence-corrected chi connectivity index (χ3v) is 6.30. The number of aryl methyl sites for hydroxylation is 1. The molecule has 0 bridgehead atoms. The lowest BCUT2D eigenvalue weighted by Gasteiger charge is -2.17. The molecule has 0 saturated heterocycles. The first kappa shape index (κ1) is 21.1. The first-order valence-electron chi connectivity index (χ1n) is 10.5. The Bertz CT molecular complexity index is 539. The Morgan fingerprint density at radius 1 is 0.962 bits per heavy atom. The number of thioether (sulfide) groups is 1. The molecule has 1 aromatic carbocycles. The summed E-state index contributed by atoms with van der Waals surface area (Å²) in [7, 11) is 0. The van der Waals surface area contributed by atoms with Gasteiger partial charge in [-0.1, -0.05) is 82.2 Å². The second-order valence-electron chi connectivity index (χ2n) is 7.25. The molecule has 1 heterocycles. The van der Waals surface area contributed by atoms with E-state index >= 15 is 0 Å². The maximum Gasteiger partial charge on any atom is 0.0946 e. The minimum atomic E-state index is 0.675. The summed E-state index contributed by atoms with van der Waals surface area (Å²) in [5, 5.41) is 0.675. The predicted octanol–water partition coefficient (Wildman–Crippen LogP) is 6.76. The number of imidazole rings is 1. The van der Waals surface area contributed by atoms with Crippen LogP contribution in [0.4, 0.5) is 0 Å². The molecule has 0 aliphatic heterocycles. The standard InChI is InChI=1S/C23H36N2S/c1-2-3-4-5-6-7-8-12-19-26-23(20-25-18-17-24-21-25)16-15-22-13-10-9-11-14-22/h9-11,13-14,17-18,21,23H,2-8,12,15-16,19-20H2,1H3. The molecule has 0 amide bonds. The first-order valence-corrected chi connectivity index (χ1v) is 11.5. The van der Waals surface area contributed by atoms with E-state index in [1.807, 2.05) is 12.5 Å². The molecule has 1 atom stereocenters. The van der Waals surface area contributed by atoms with Crippen molar-refractivity contribution in [3.05, 3.63) is 54.6 Å². The molecule has 2 nitrogen and oxygen atoms in total. The molecule has 0 aliphatic carbocycles. The summed E-state index contributed by atoms with van der Waals surface area (Å²) in [4.78, 5) is 4.20. The van der Waals surface area contributed by atoms with Crippen LogP contribution < -0.4 is 0 Å². The van der Waals surface area contributed by atoms with Crippen LogP contribution in [0.5, 0.6) is 0 Å². The number of rotatable bonds is 15. The zero-order chi connectivity index (χ0) is 18.3. The average molecular weight is 373 g/mol. The summed E-state index contributed by atoms with van der Waals surface area (Å²) < 4.78 is 2.23. The van der Waals surface area contributed by atoms with Crippen molar-refractivity contribution in [2.24, 2.45) is 0 Å². The molecule has 0 spiro atoms. The minimum Gasteiger partial charge on any atom is -0.336 e. The van der Waals surface area contributed by atoms with Gasteiger partial charge in [0.05, 0.1) is 6.33 Å². The normalized spacial score (nSPS) is 12.3. The van der Waals surface area contributed by atoms with E-state index in [0.29, 0.717) is 5.25 Å². The van der Waals surface area contributed by atoms with Crippen molar-refractivity contribution < 1.29 is 0 Å². The Balaban J connectivity index is 1.63. The van der Waals surface area contributed by atoms with E-state index in [2.05, 4.69) is 64.8 Å². The van der Waals surface area contributed by atoms with Gasteiger partial charge in [0.15, 0.2) is 0 Å². The first-order chi connectivity index (χ1) is 12.9. The maximum absolute atomic E-state index is 4.20. The molecule has 26 heavy (non-hydrogen) atoms. The van der Waals surface area contributed by atoms with Crippen LogP contribution in [-0.4, -0.2) is 20.6 Å².